The first-order chi connectivity index (χ1) is 14.5. The van der Waals surface area contributed by atoms with Crippen LogP contribution in [-0.4, -0.2) is 36.9 Å². The molecular weight excluding hydrogens is 376 g/mol. The summed E-state index contributed by atoms with van der Waals surface area (Å²) in [5.74, 6) is 6.64. The summed E-state index contributed by atoms with van der Waals surface area (Å²) in [5, 5.41) is 2.98. The highest BCUT2D eigenvalue weighted by Crippen LogP contribution is 2.23. The molecule has 1 heterocycles. The molecule has 1 aliphatic heterocycles. The van der Waals surface area contributed by atoms with Gasteiger partial charge in [-0.1, -0.05) is 24.1 Å². The highest BCUT2D eigenvalue weighted by Gasteiger charge is 2.23. The van der Waals surface area contributed by atoms with Crippen molar-refractivity contribution in [1.29, 1.82) is 0 Å². The predicted octanol–water partition coefficient (Wildman–Crippen LogP) is 4.01. The molecule has 0 unspecified atom stereocenters. The van der Waals surface area contributed by atoms with E-state index >= 15 is 0 Å². The van der Waals surface area contributed by atoms with Gasteiger partial charge < -0.3 is 15.0 Å². The van der Waals surface area contributed by atoms with Crippen molar-refractivity contribution in [3.63, 3.8) is 0 Å². The summed E-state index contributed by atoms with van der Waals surface area (Å²) in [5.41, 5.74) is 2.61. The van der Waals surface area contributed by atoms with Crippen molar-refractivity contribution >= 4 is 17.5 Å². The Labute approximate surface area is 178 Å². The van der Waals surface area contributed by atoms with Crippen molar-refractivity contribution in [3.05, 3.63) is 59.7 Å². The summed E-state index contributed by atoms with van der Waals surface area (Å²) in [4.78, 5) is 26.7. The number of piperidine rings is 1. The summed E-state index contributed by atoms with van der Waals surface area (Å²) in [6.45, 7) is 3.34. The minimum absolute atomic E-state index is 0.00409. The fourth-order valence-corrected chi connectivity index (χ4v) is 3.66. The van der Waals surface area contributed by atoms with Gasteiger partial charge in [-0.25, -0.2) is 0 Å². The lowest BCUT2D eigenvalue weighted by molar-refractivity contribution is -0.126. The molecule has 0 aliphatic carbocycles. The Morgan fingerprint density at radius 3 is 2.73 bits per heavy atom. The molecule has 0 spiro atoms. The van der Waals surface area contributed by atoms with Gasteiger partial charge in [0.1, 0.15) is 5.75 Å². The van der Waals surface area contributed by atoms with E-state index in [-0.39, 0.29) is 11.8 Å². The number of ether oxygens (including phenoxy) is 1. The van der Waals surface area contributed by atoms with E-state index in [9.17, 15) is 9.59 Å². The number of amides is 2. The van der Waals surface area contributed by atoms with Gasteiger partial charge in [0.25, 0.3) is 5.91 Å². The smallest absolute Gasteiger partial charge is 0.298 e. The maximum absolute atomic E-state index is 12.4. The third kappa shape index (κ3) is 6.12. The number of nitrogens with one attached hydrogen (secondary N) is 1. The van der Waals surface area contributed by atoms with Crippen LogP contribution in [0.15, 0.2) is 48.5 Å². The number of carbonyl (C=O) groups excluding carboxylic acids is 2. The summed E-state index contributed by atoms with van der Waals surface area (Å²) in [6.07, 6.45) is 3.18. The molecule has 156 valence electrons. The molecular formula is C25H28N2O3. The van der Waals surface area contributed by atoms with E-state index < -0.39 is 0 Å². The lowest BCUT2D eigenvalue weighted by Gasteiger charge is -2.31. The molecule has 30 heavy (non-hydrogen) atoms. The van der Waals surface area contributed by atoms with Crippen LogP contribution in [0.2, 0.25) is 0 Å². The lowest BCUT2D eigenvalue weighted by Crippen LogP contribution is -2.39. The Morgan fingerprint density at radius 2 is 2.00 bits per heavy atom. The molecule has 5 nitrogen and oxygen atoms in total. The maximum atomic E-state index is 12.4. The number of nitrogens with zero attached hydrogens (tertiary/aromatic N) is 1. The summed E-state index contributed by atoms with van der Waals surface area (Å²) < 4.78 is 5.20. The molecule has 1 saturated heterocycles. The van der Waals surface area contributed by atoms with Crippen molar-refractivity contribution in [1.82, 2.24) is 4.90 Å². The van der Waals surface area contributed by atoms with E-state index in [1.165, 1.54) is 0 Å². The third-order valence-electron chi connectivity index (χ3n) is 5.38. The fourth-order valence-electron chi connectivity index (χ4n) is 3.66. The Balaban J connectivity index is 1.48. The zero-order chi connectivity index (χ0) is 21.3. The molecule has 1 aliphatic rings. The van der Waals surface area contributed by atoms with E-state index in [4.69, 9.17) is 4.74 Å². The highest BCUT2D eigenvalue weighted by molar-refractivity contribution is 5.94. The maximum Gasteiger partial charge on any atom is 0.298 e. The number of carbonyl (C=O) groups is 2. The van der Waals surface area contributed by atoms with Crippen LogP contribution in [0.25, 0.3) is 0 Å². The Morgan fingerprint density at radius 1 is 1.20 bits per heavy atom. The molecule has 1 N–H and O–H groups in total. The minimum atomic E-state index is -0.137. The van der Waals surface area contributed by atoms with Gasteiger partial charge in [0.15, 0.2) is 0 Å². The van der Waals surface area contributed by atoms with Gasteiger partial charge in [0, 0.05) is 36.7 Å². The summed E-state index contributed by atoms with van der Waals surface area (Å²) in [6, 6.07) is 15.1. The molecule has 3 rings (SSSR count). The molecule has 1 fully saturated rings. The van der Waals surface area contributed by atoms with Crippen molar-refractivity contribution in [2.75, 3.05) is 25.5 Å². The number of likely N-dealkylation sites (tertiary alicyclic amines) is 1. The first-order valence-electron chi connectivity index (χ1n) is 10.4. The lowest BCUT2D eigenvalue weighted by atomic mass is 9.93. The standard InChI is InChI=1S/C25H28N2O3/c1-19-17-22(30-2)12-13-23(19)26-24(28)14-10-21-9-6-16-27(18-21)25(29)15-11-20-7-4-3-5-8-20/h3-5,7-8,12-13,17,21H,6,9-10,14,16,18H2,1-2H3,(H,26,28)/t21-/m0/s1. The monoisotopic (exact) mass is 404 g/mol. The second-order valence-electron chi connectivity index (χ2n) is 7.64. The van der Waals surface area contributed by atoms with E-state index in [0.29, 0.717) is 18.9 Å². The normalized spacial score (nSPS) is 15.7. The molecule has 0 radical (unpaired) electrons. The molecule has 2 amide bonds. The number of hydrogen-bond acceptors (Lipinski definition) is 3. The van der Waals surface area contributed by atoms with Crippen LogP contribution < -0.4 is 10.1 Å². The molecule has 2 aromatic carbocycles. The fraction of sp³-hybridized carbons (Fsp3) is 0.360. The average molecular weight is 405 g/mol. The largest absolute Gasteiger partial charge is 0.497 e. The van der Waals surface area contributed by atoms with Gasteiger partial charge >= 0.3 is 0 Å². The van der Waals surface area contributed by atoms with Crippen molar-refractivity contribution in [2.45, 2.75) is 32.6 Å². The van der Waals surface area contributed by atoms with E-state index in [1.807, 2.05) is 60.4 Å². The first-order valence-corrected chi connectivity index (χ1v) is 10.4. The molecule has 1 atom stereocenters. The van der Waals surface area contributed by atoms with E-state index in [1.54, 1.807) is 7.11 Å². The SMILES string of the molecule is COc1ccc(NC(=O)CC[C@@H]2CCCN(C(=O)C#Cc3ccccc3)C2)c(C)c1. The number of rotatable bonds is 5. The van der Waals surface area contributed by atoms with E-state index in [2.05, 4.69) is 17.2 Å². The summed E-state index contributed by atoms with van der Waals surface area (Å²) in [7, 11) is 1.62. The quantitative estimate of drug-likeness (QED) is 0.766. The van der Waals surface area contributed by atoms with Crippen LogP contribution in [0.1, 0.15) is 36.8 Å². The van der Waals surface area contributed by atoms with E-state index in [0.717, 1.165) is 48.4 Å². The van der Waals surface area contributed by atoms with Gasteiger partial charge in [-0.2, -0.15) is 0 Å². The zero-order valence-electron chi connectivity index (χ0n) is 17.6. The van der Waals surface area contributed by atoms with Crippen molar-refractivity contribution in [2.24, 2.45) is 5.92 Å². The third-order valence-corrected chi connectivity index (χ3v) is 5.38. The minimum Gasteiger partial charge on any atom is -0.497 e. The van der Waals surface area contributed by atoms with Crippen LogP contribution in [0.4, 0.5) is 5.69 Å². The second-order valence-corrected chi connectivity index (χ2v) is 7.64. The second kappa shape index (κ2) is 10.5. The number of methoxy groups -OCH3 is 1. The van der Waals surface area contributed by atoms with Crippen molar-refractivity contribution < 1.29 is 14.3 Å². The first kappa shape index (κ1) is 21.4. The van der Waals surface area contributed by atoms with Crippen molar-refractivity contribution in [3.8, 4) is 17.6 Å². The van der Waals surface area contributed by atoms with Gasteiger partial charge in [-0.3, -0.25) is 9.59 Å². The van der Waals surface area contributed by atoms with Gasteiger partial charge in [-0.05, 0) is 68.0 Å². The molecule has 5 heteroatoms. The van der Waals surface area contributed by atoms with Crippen LogP contribution in [0, 0.1) is 24.7 Å². The zero-order valence-corrected chi connectivity index (χ0v) is 17.6. The Kier molecular flexibility index (Phi) is 7.51. The molecule has 2 aromatic rings. The number of aryl methyl sites for hydroxylation is 1. The average Bonchev–Trinajstić information content (AvgIpc) is 2.78. The topological polar surface area (TPSA) is 58.6 Å². The molecule has 0 saturated carbocycles. The van der Waals surface area contributed by atoms with Gasteiger partial charge in [-0.15, -0.1) is 0 Å². The van der Waals surface area contributed by atoms with Gasteiger partial charge in [0.05, 0.1) is 7.11 Å². The Hall–Kier alpha value is -3.26. The van der Waals surface area contributed by atoms with Crippen LogP contribution in [0.5, 0.6) is 5.75 Å². The van der Waals surface area contributed by atoms with Crippen LogP contribution in [-0.2, 0) is 9.59 Å². The molecule has 0 aromatic heterocycles. The molecule has 0 bridgehead atoms. The number of hydrogen-bond donors (Lipinski definition) is 1. The number of anilines is 1. The van der Waals surface area contributed by atoms with Gasteiger partial charge in [0.2, 0.25) is 5.91 Å². The van der Waals surface area contributed by atoms with Crippen LogP contribution in [0.3, 0.4) is 0 Å². The number of benzene rings is 2. The summed E-state index contributed by atoms with van der Waals surface area (Å²) >= 11 is 0. The van der Waals surface area contributed by atoms with Crippen LogP contribution >= 0.6 is 0 Å². The Bertz CT molecular complexity index is 944. The highest BCUT2D eigenvalue weighted by atomic mass is 16.5. The predicted molar refractivity (Wildman–Crippen MR) is 118 cm³/mol.